The Bertz CT molecular complexity index is 195. The molecule has 3 atom stereocenters. The summed E-state index contributed by atoms with van der Waals surface area (Å²) in [6.45, 7) is 0.166. The lowest BCUT2D eigenvalue weighted by atomic mass is 10.1. The summed E-state index contributed by atoms with van der Waals surface area (Å²) in [6, 6.07) is 0. The molecule has 11 heavy (non-hydrogen) atoms. The first-order chi connectivity index (χ1) is 5.07. The van der Waals surface area contributed by atoms with Gasteiger partial charge < -0.3 is 0 Å². The zero-order valence-corrected chi connectivity index (χ0v) is 9.07. The van der Waals surface area contributed by atoms with Crippen LogP contribution in [-0.2, 0) is 0 Å². The lowest BCUT2D eigenvalue weighted by molar-refractivity contribution is 0.686. The predicted octanol–water partition coefficient (Wildman–Crippen LogP) is 3.50. The van der Waals surface area contributed by atoms with Crippen LogP contribution in [0.15, 0.2) is 12.2 Å². The maximum Gasteiger partial charge on any atom is 0.251 e. The molecule has 0 amide bonds. The highest BCUT2D eigenvalue weighted by Crippen LogP contribution is 2.53. The van der Waals surface area contributed by atoms with Crippen molar-refractivity contribution in [1.29, 1.82) is 0 Å². The highest BCUT2D eigenvalue weighted by atomic mass is 35.7. The molecule has 3 heteroatoms. The van der Waals surface area contributed by atoms with Gasteiger partial charge in [0.1, 0.15) is 0 Å². The third-order valence-electron chi connectivity index (χ3n) is 2.93. The molecule has 0 aliphatic heterocycles. The zero-order chi connectivity index (χ0) is 8.06. The van der Waals surface area contributed by atoms with Gasteiger partial charge in [0.25, 0.3) is 6.69 Å². The first-order valence-electron chi connectivity index (χ1n) is 4.13. The van der Waals surface area contributed by atoms with Crippen LogP contribution in [0.1, 0.15) is 12.8 Å². The minimum Gasteiger partial charge on any atom is -0.146 e. The molecule has 0 heterocycles. The molecule has 0 aromatic heterocycles. The average molecular weight is 207 g/mol. The monoisotopic (exact) mass is 206 g/mol. The molecule has 0 aromatic carbocycles. The lowest BCUT2D eigenvalue weighted by Gasteiger charge is -2.25. The van der Waals surface area contributed by atoms with Gasteiger partial charge in [-0.15, -0.1) is 22.2 Å². The molecule has 2 rings (SSSR count). The fourth-order valence-electron chi connectivity index (χ4n) is 2.36. The summed E-state index contributed by atoms with van der Waals surface area (Å²) in [5.41, 5.74) is 0.626. The zero-order valence-electron chi connectivity index (χ0n) is 6.56. The molecule has 0 spiro atoms. The fraction of sp³-hybridized carbons (Fsp3) is 0.750. The molecule has 62 valence electrons. The van der Waals surface area contributed by atoms with Crippen molar-refractivity contribution < 1.29 is 0 Å². The normalized spacial score (nSPS) is 41.9. The van der Waals surface area contributed by atoms with E-state index < -0.39 is 6.69 Å². The van der Waals surface area contributed by atoms with Crippen molar-refractivity contribution in [2.75, 3.05) is 0 Å². The SMILES string of the molecule is C[Si](Cl)(Cl)[C@H]1C[C@H]2C=C[C@H]1C2. The predicted molar refractivity (Wildman–Crippen MR) is 52.4 cm³/mol. The molecule has 0 nitrogen and oxygen atoms in total. The van der Waals surface area contributed by atoms with Gasteiger partial charge in [-0.3, -0.25) is 0 Å². The van der Waals surface area contributed by atoms with Gasteiger partial charge in [0.2, 0.25) is 0 Å². The Hall–Kier alpha value is 0.537. The number of hydrogen-bond acceptors (Lipinski definition) is 0. The first-order valence-corrected chi connectivity index (χ1v) is 8.73. The van der Waals surface area contributed by atoms with E-state index in [2.05, 4.69) is 18.7 Å². The van der Waals surface area contributed by atoms with Crippen molar-refractivity contribution in [2.24, 2.45) is 11.8 Å². The Kier molecular flexibility index (Phi) is 1.86. The van der Waals surface area contributed by atoms with Crippen LogP contribution < -0.4 is 0 Å². The van der Waals surface area contributed by atoms with Crippen LogP contribution in [0.3, 0.4) is 0 Å². The molecule has 2 aliphatic carbocycles. The van der Waals surface area contributed by atoms with Crippen LogP contribution in [0.4, 0.5) is 0 Å². The van der Waals surface area contributed by atoms with Crippen LogP contribution in [0.25, 0.3) is 0 Å². The van der Waals surface area contributed by atoms with Gasteiger partial charge in [0.15, 0.2) is 0 Å². The van der Waals surface area contributed by atoms with E-state index in [4.69, 9.17) is 22.2 Å². The molecule has 2 aliphatic rings. The van der Waals surface area contributed by atoms with Crippen LogP contribution in [-0.4, -0.2) is 6.69 Å². The smallest absolute Gasteiger partial charge is 0.146 e. The Balaban J connectivity index is 2.15. The molecule has 0 aromatic rings. The number of fused-ring (bicyclic) bond motifs is 2. The first kappa shape index (κ1) is 8.15. The largest absolute Gasteiger partial charge is 0.251 e. The summed E-state index contributed by atoms with van der Waals surface area (Å²) in [5.74, 6) is 1.51. The van der Waals surface area contributed by atoms with Crippen LogP contribution in [0.2, 0.25) is 12.1 Å². The Morgan fingerprint density at radius 2 is 2.00 bits per heavy atom. The van der Waals surface area contributed by atoms with Crippen molar-refractivity contribution in [3.05, 3.63) is 12.2 Å². The van der Waals surface area contributed by atoms with Gasteiger partial charge in [0.05, 0.1) is 0 Å². The van der Waals surface area contributed by atoms with E-state index in [0.717, 1.165) is 5.92 Å². The second-order valence-corrected chi connectivity index (χ2v) is 11.8. The second kappa shape index (κ2) is 2.51. The maximum absolute atomic E-state index is 6.20. The number of halogens is 2. The third-order valence-corrected chi connectivity index (χ3v) is 6.58. The van der Waals surface area contributed by atoms with E-state index in [9.17, 15) is 0 Å². The van der Waals surface area contributed by atoms with Crippen LogP contribution >= 0.6 is 22.2 Å². The van der Waals surface area contributed by atoms with Gasteiger partial charge in [-0.1, -0.05) is 12.2 Å². The highest BCUT2D eigenvalue weighted by Gasteiger charge is 2.46. The van der Waals surface area contributed by atoms with E-state index in [1.165, 1.54) is 12.8 Å². The van der Waals surface area contributed by atoms with Gasteiger partial charge in [0, 0.05) is 0 Å². The van der Waals surface area contributed by atoms with Gasteiger partial charge >= 0.3 is 0 Å². The fourth-order valence-corrected chi connectivity index (χ4v) is 5.58. The van der Waals surface area contributed by atoms with E-state index in [1.54, 1.807) is 0 Å². The quantitative estimate of drug-likeness (QED) is 0.350. The van der Waals surface area contributed by atoms with Gasteiger partial charge in [-0.25, -0.2) is 0 Å². The molecule has 0 N–H and O–H groups in total. The minimum absolute atomic E-state index is 0.626. The minimum atomic E-state index is -1.88. The lowest BCUT2D eigenvalue weighted by Crippen LogP contribution is -2.25. The van der Waals surface area contributed by atoms with Crippen LogP contribution in [0, 0.1) is 11.8 Å². The number of hydrogen-bond donors (Lipinski definition) is 0. The highest BCUT2D eigenvalue weighted by molar-refractivity contribution is 7.45. The Morgan fingerprint density at radius 3 is 2.27 bits per heavy atom. The summed E-state index contributed by atoms with van der Waals surface area (Å²) < 4.78 is 0. The molecule has 1 fully saturated rings. The standard InChI is InChI=1S/C8H12Cl2Si/c1-11(9,10)8-5-6-2-3-7(8)4-6/h2-3,6-8H,4-5H2,1H3/t6-,7-,8-/m0/s1. The molecule has 0 unspecified atom stereocenters. The van der Waals surface area contributed by atoms with Crippen molar-refractivity contribution in [1.82, 2.24) is 0 Å². The van der Waals surface area contributed by atoms with E-state index in [-0.39, 0.29) is 0 Å². The van der Waals surface area contributed by atoms with Crippen molar-refractivity contribution in [2.45, 2.75) is 24.9 Å². The topological polar surface area (TPSA) is 0 Å². The van der Waals surface area contributed by atoms with Crippen molar-refractivity contribution >= 4 is 28.9 Å². The van der Waals surface area contributed by atoms with Crippen LogP contribution in [0.5, 0.6) is 0 Å². The molecule has 0 radical (unpaired) electrons. The summed E-state index contributed by atoms with van der Waals surface area (Å²) >= 11 is 12.4. The van der Waals surface area contributed by atoms with Gasteiger partial charge in [-0.2, -0.15) is 0 Å². The van der Waals surface area contributed by atoms with E-state index in [1.807, 2.05) is 0 Å². The molecule has 1 saturated carbocycles. The second-order valence-electron chi connectivity index (χ2n) is 3.84. The van der Waals surface area contributed by atoms with Crippen molar-refractivity contribution in [3.8, 4) is 0 Å². The summed E-state index contributed by atoms with van der Waals surface area (Å²) in [5, 5.41) is 0. The Labute approximate surface area is 78.0 Å². The summed E-state index contributed by atoms with van der Waals surface area (Å²) in [4.78, 5) is 0. The van der Waals surface area contributed by atoms with Gasteiger partial charge in [-0.05, 0) is 36.8 Å². The average Bonchev–Trinajstić information content (AvgIpc) is 2.42. The molecule has 2 bridgehead atoms. The summed E-state index contributed by atoms with van der Waals surface area (Å²) in [7, 11) is 0. The maximum atomic E-state index is 6.20. The Morgan fingerprint density at radius 1 is 1.27 bits per heavy atom. The summed E-state index contributed by atoms with van der Waals surface area (Å²) in [6.07, 6.45) is 7.20. The number of rotatable bonds is 1. The third kappa shape index (κ3) is 1.39. The number of allylic oxidation sites excluding steroid dienone is 2. The molecular formula is C8H12Cl2Si. The molecular weight excluding hydrogens is 195 g/mol. The van der Waals surface area contributed by atoms with E-state index in [0.29, 0.717) is 11.5 Å². The van der Waals surface area contributed by atoms with E-state index >= 15 is 0 Å². The van der Waals surface area contributed by atoms with Crippen molar-refractivity contribution in [3.63, 3.8) is 0 Å². The molecule has 0 saturated heterocycles.